The van der Waals surface area contributed by atoms with Crippen molar-refractivity contribution in [2.45, 2.75) is 43.7 Å². The number of hydrogen-bond donors (Lipinski definition) is 1. The minimum Gasteiger partial charge on any atom is -0.307 e. The van der Waals surface area contributed by atoms with Gasteiger partial charge in [0.1, 0.15) is 0 Å². The maximum absolute atomic E-state index is 3.87. The van der Waals surface area contributed by atoms with Gasteiger partial charge >= 0.3 is 0 Å². The molecule has 0 heterocycles. The molecule has 4 rings (SSSR count). The van der Waals surface area contributed by atoms with Gasteiger partial charge in [0.05, 0.1) is 0 Å². The summed E-state index contributed by atoms with van der Waals surface area (Å²) in [6, 6.07) is 21.2. The van der Waals surface area contributed by atoms with Crippen LogP contribution in [0.1, 0.15) is 47.9 Å². The van der Waals surface area contributed by atoms with E-state index in [1.807, 2.05) is 0 Å². The Morgan fingerprint density at radius 1 is 0.850 bits per heavy atom. The molecule has 1 saturated carbocycles. The monoisotopic (exact) mass is 263 g/mol. The number of rotatable bonds is 3. The van der Waals surface area contributed by atoms with E-state index in [0.717, 1.165) is 5.92 Å². The Kier molecular flexibility index (Phi) is 3.08. The van der Waals surface area contributed by atoms with Gasteiger partial charge in [-0.2, -0.15) is 0 Å². The van der Waals surface area contributed by atoms with Crippen molar-refractivity contribution >= 4 is 0 Å². The van der Waals surface area contributed by atoms with Crippen molar-refractivity contribution in [2.75, 3.05) is 0 Å². The van der Waals surface area contributed by atoms with Gasteiger partial charge in [-0.3, -0.25) is 0 Å². The summed E-state index contributed by atoms with van der Waals surface area (Å²) in [6.45, 7) is 0. The van der Waals surface area contributed by atoms with Crippen LogP contribution in [0.2, 0.25) is 0 Å². The van der Waals surface area contributed by atoms with Crippen molar-refractivity contribution in [3.8, 4) is 0 Å². The maximum atomic E-state index is 3.87. The highest BCUT2D eigenvalue weighted by molar-refractivity contribution is 5.34. The van der Waals surface area contributed by atoms with Gasteiger partial charge in [0.2, 0.25) is 0 Å². The van der Waals surface area contributed by atoms with Crippen molar-refractivity contribution in [3.63, 3.8) is 0 Å². The smallest absolute Gasteiger partial charge is 0.0328 e. The van der Waals surface area contributed by atoms with Crippen LogP contribution in [0.5, 0.6) is 0 Å². The zero-order valence-electron chi connectivity index (χ0n) is 11.8. The minimum atomic E-state index is 0.591. The van der Waals surface area contributed by atoms with Gasteiger partial charge in [-0.1, -0.05) is 54.6 Å². The van der Waals surface area contributed by atoms with Crippen molar-refractivity contribution in [2.24, 2.45) is 0 Å². The molecule has 0 radical (unpaired) electrons. The van der Waals surface area contributed by atoms with E-state index in [1.165, 1.54) is 36.8 Å². The second-order valence-electron chi connectivity index (χ2n) is 6.23. The summed E-state index contributed by atoms with van der Waals surface area (Å²) in [6.07, 6.45) is 5.10. The van der Waals surface area contributed by atoms with Crippen LogP contribution in [-0.2, 0) is 6.42 Å². The lowest BCUT2D eigenvalue weighted by Gasteiger charge is -2.38. The molecule has 1 N–H and O–H groups in total. The molecule has 0 saturated heterocycles. The zero-order chi connectivity index (χ0) is 13.4. The number of fused-ring (bicyclic) bond motifs is 1. The molecule has 0 amide bonds. The average Bonchev–Trinajstić information content (AvgIpc) is 2.86. The van der Waals surface area contributed by atoms with Crippen molar-refractivity contribution < 1.29 is 0 Å². The molecular formula is C19H21N. The van der Waals surface area contributed by atoms with Crippen LogP contribution in [0.15, 0.2) is 54.6 Å². The second kappa shape index (κ2) is 5.06. The van der Waals surface area contributed by atoms with E-state index in [0.29, 0.717) is 12.1 Å². The van der Waals surface area contributed by atoms with E-state index < -0.39 is 0 Å². The van der Waals surface area contributed by atoms with Gasteiger partial charge in [-0.05, 0) is 48.3 Å². The van der Waals surface area contributed by atoms with E-state index in [9.17, 15) is 0 Å². The van der Waals surface area contributed by atoms with Crippen molar-refractivity contribution in [1.82, 2.24) is 5.32 Å². The number of aryl methyl sites for hydroxylation is 1. The molecule has 2 aliphatic rings. The first-order chi connectivity index (χ1) is 9.90. The van der Waals surface area contributed by atoms with Gasteiger partial charge in [-0.25, -0.2) is 0 Å². The molecule has 1 fully saturated rings. The van der Waals surface area contributed by atoms with E-state index in [-0.39, 0.29) is 0 Å². The first-order valence-corrected chi connectivity index (χ1v) is 7.79. The molecule has 0 aliphatic heterocycles. The van der Waals surface area contributed by atoms with Crippen molar-refractivity contribution in [3.05, 3.63) is 71.3 Å². The molecule has 2 aromatic rings. The van der Waals surface area contributed by atoms with Gasteiger partial charge in [0, 0.05) is 12.1 Å². The Morgan fingerprint density at radius 3 is 2.45 bits per heavy atom. The van der Waals surface area contributed by atoms with E-state index >= 15 is 0 Å². The van der Waals surface area contributed by atoms with Gasteiger partial charge in [-0.15, -0.1) is 0 Å². The summed E-state index contributed by atoms with van der Waals surface area (Å²) < 4.78 is 0. The summed E-state index contributed by atoms with van der Waals surface area (Å²) in [7, 11) is 0. The van der Waals surface area contributed by atoms with Crippen LogP contribution >= 0.6 is 0 Å². The first kappa shape index (κ1) is 12.2. The lowest BCUT2D eigenvalue weighted by molar-refractivity contribution is 0.265. The molecule has 102 valence electrons. The third-order valence-electron chi connectivity index (χ3n) is 4.98. The minimum absolute atomic E-state index is 0.591. The van der Waals surface area contributed by atoms with Gasteiger partial charge < -0.3 is 5.32 Å². The Balaban J connectivity index is 1.37. The highest BCUT2D eigenvalue weighted by atomic mass is 15.0. The fourth-order valence-electron chi connectivity index (χ4n) is 3.77. The standard InChI is InChI=1S/C19H21N/c1-2-6-14(7-3-1)16-12-17(13-16)20-19-11-10-15-8-4-5-9-18(15)19/h1-9,16-17,19-20H,10-13H2. The molecule has 2 aromatic carbocycles. The van der Waals surface area contributed by atoms with Crippen LogP contribution in [-0.4, -0.2) is 6.04 Å². The largest absolute Gasteiger partial charge is 0.307 e. The molecule has 1 atom stereocenters. The summed E-state index contributed by atoms with van der Waals surface area (Å²) in [5, 5.41) is 3.87. The normalized spacial score (nSPS) is 27.9. The summed E-state index contributed by atoms with van der Waals surface area (Å²) in [4.78, 5) is 0. The molecule has 0 spiro atoms. The van der Waals surface area contributed by atoms with Crippen LogP contribution in [0.4, 0.5) is 0 Å². The zero-order valence-corrected chi connectivity index (χ0v) is 11.8. The molecular weight excluding hydrogens is 242 g/mol. The summed E-state index contributed by atoms with van der Waals surface area (Å²) >= 11 is 0. The molecule has 1 unspecified atom stereocenters. The van der Waals surface area contributed by atoms with Crippen LogP contribution in [0.25, 0.3) is 0 Å². The quantitative estimate of drug-likeness (QED) is 0.874. The summed E-state index contributed by atoms with van der Waals surface area (Å²) in [5.74, 6) is 0.769. The molecule has 0 bridgehead atoms. The van der Waals surface area contributed by atoms with Crippen molar-refractivity contribution in [1.29, 1.82) is 0 Å². The summed E-state index contributed by atoms with van der Waals surface area (Å²) in [5.41, 5.74) is 4.59. The lowest BCUT2D eigenvalue weighted by atomic mass is 9.75. The number of hydrogen-bond acceptors (Lipinski definition) is 1. The second-order valence-corrected chi connectivity index (χ2v) is 6.23. The molecule has 20 heavy (non-hydrogen) atoms. The Bertz CT molecular complexity index is 584. The predicted molar refractivity (Wildman–Crippen MR) is 82.8 cm³/mol. The molecule has 1 heteroatoms. The molecule has 1 nitrogen and oxygen atoms in total. The SMILES string of the molecule is c1ccc(C2CC(NC3CCc4ccccc43)C2)cc1. The Labute approximate surface area is 121 Å². The highest BCUT2D eigenvalue weighted by Crippen LogP contribution is 2.39. The lowest BCUT2D eigenvalue weighted by Crippen LogP contribution is -2.41. The number of nitrogens with one attached hydrogen (secondary N) is 1. The van der Waals surface area contributed by atoms with Crippen LogP contribution in [0.3, 0.4) is 0 Å². The predicted octanol–water partition coefficient (Wildman–Crippen LogP) is 4.21. The van der Waals surface area contributed by atoms with E-state index in [4.69, 9.17) is 0 Å². The van der Waals surface area contributed by atoms with E-state index in [1.54, 1.807) is 5.56 Å². The molecule has 0 aromatic heterocycles. The van der Waals surface area contributed by atoms with Crippen LogP contribution < -0.4 is 5.32 Å². The Morgan fingerprint density at radius 2 is 1.60 bits per heavy atom. The molecule has 2 aliphatic carbocycles. The topological polar surface area (TPSA) is 12.0 Å². The maximum Gasteiger partial charge on any atom is 0.0328 e. The van der Waals surface area contributed by atoms with Gasteiger partial charge in [0.25, 0.3) is 0 Å². The first-order valence-electron chi connectivity index (χ1n) is 7.79. The highest BCUT2D eigenvalue weighted by Gasteiger charge is 2.33. The third-order valence-corrected chi connectivity index (χ3v) is 4.98. The Hall–Kier alpha value is -1.60. The number of benzene rings is 2. The van der Waals surface area contributed by atoms with E-state index in [2.05, 4.69) is 59.9 Å². The van der Waals surface area contributed by atoms with Gasteiger partial charge in [0.15, 0.2) is 0 Å². The fraction of sp³-hybridized carbons (Fsp3) is 0.368. The average molecular weight is 263 g/mol. The van der Waals surface area contributed by atoms with Crippen LogP contribution in [0, 0.1) is 0 Å². The fourth-order valence-corrected chi connectivity index (χ4v) is 3.77. The third kappa shape index (κ3) is 2.16.